The van der Waals surface area contributed by atoms with E-state index in [2.05, 4.69) is 34.3 Å². The number of nitrogens with one attached hydrogen (secondary N) is 2. The number of H-pyrrole nitrogens is 1. The summed E-state index contributed by atoms with van der Waals surface area (Å²) in [5.74, 6) is 0. The standard InChI is InChI=1S/C13H22N4/c1-9-5-12(8-17(9)13-3-4-13)14-6-11-7-15-16-10(11)2/h7,9,12-14H,3-6,8H2,1-2H3,(H,15,16). The molecule has 0 aromatic carbocycles. The van der Waals surface area contributed by atoms with E-state index >= 15 is 0 Å². The van der Waals surface area contributed by atoms with Gasteiger partial charge in [0.15, 0.2) is 0 Å². The molecule has 4 nitrogen and oxygen atoms in total. The molecular formula is C13H22N4. The lowest BCUT2D eigenvalue weighted by Crippen LogP contribution is -2.33. The molecule has 1 saturated heterocycles. The van der Waals surface area contributed by atoms with Crippen molar-refractivity contribution in [3.05, 3.63) is 17.5 Å². The Hall–Kier alpha value is -0.870. The first-order chi connectivity index (χ1) is 8.24. The number of aromatic nitrogens is 2. The Bertz CT molecular complexity index is 383. The van der Waals surface area contributed by atoms with Gasteiger partial charge in [-0.3, -0.25) is 10.00 Å². The predicted molar refractivity (Wildman–Crippen MR) is 67.8 cm³/mol. The highest BCUT2D eigenvalue weighted by molar-refractivity contribution is 5.14. The van der Waals surface area contributed by atoms with Crippen molar-refractivity contribution < 1.29 is 0 Å². The van der Waals surface area contributed by atoms with Crippen molar-refractivity contribution >= 4 is 0 Å². The summed E-state index contributed by atoms with van der Waals surface area (Å²) in [7, 11) is 0. The molecule has 17 heavy (non-hydrogen) atoms. The molecule has 2 aliphatic rings. The van der Waals surface area contributed by atoms with Gasteiger partial charge in [0.2, 0.25) is 0 Å². The molecule has 0 amide bonds. The topological polar surface area (TPSA) is 44.0 Å². The van der Waals surface area contributed by atoms with Crippen LogP contribution in [0, 0.1) is 6.92 Å². The molecule has 0 radical (unpaired) electrons. The Balaban J connectivity index is 1.51. The van der Waals surface area contributed by atoms with Crippen molar-refractivity contribution in [2.45, 2.75) is 57.8 Å². The molecule has 2 unspecified atom stereocenters. The summed E-state index contributed by atoms with van der Waals surface area (Å²) in [5.41, 5.74) is 2.48. The van der Waals surface area contributed by atoms with Gasteiger partial charge in [0.25, 0.3) is 0 Å². The van der Waals surface area contributed by atoms with E-state index in [9.17, 15) is 0 Å². The molecule has 0 bridgehead atoms. The van der Waals surface area contributed by atoms with Gasteiger partial charge in [0, 0.05) is 42.5 Å². The fourth-order valence-electron chi connectivity index (χ4n) is 2.93. The van der Waals surface area contributed by atoms with Crippen LogP contribution >= 0.6 is 0 Å². The molecular weight excluding hydrogens is 212 g/mol. The molecule has 2 atom stereocenters. The van der Waals surface area contributed by atoms with Gasteiger partial charge in [-0.25, -0.2) is 0 Å². The molecule has 2 N–H and O–H groups in total. The molecule has 1 aromatic heterocycles. The molecule has 2 fully saturated rings. The SMILES string of the molecule is Cc1[nH]ncc1CNC1CC(C)N(C2CC2)C1. The Morgan fingerprint density at radius 2 is 2.35 bits per heavy atom. The van der Waals surface area contributed by atoms with Crippen LogP contribution in [0.5, 0.6) is 0 Å². The molecule has 1 saturated carbocycles. The van der Waals surface area contributed by atoms with E-state index in [-0.39, 0.29) is 0 Å². The lowest BCUT2D eigenvalue weighted by Gasteiger charge is -2.19. The lowest BCUT2D eigenvalue weighted by molar-refractivity contribution is 0.255. The second-order valence-corrected chi connectivity index (χ2v) is 5.61. The first kappa shape index (κ1) is 11.2. The third kappa shape index (κ3) is 2.38. The molecule has 1 aliphatic heterocycles. The van der Waals surface area contributed by atoms with Gasteiger partial charge in [-0.15, -0.1) is 0 Å². The Labute approximate surface area is 103 Å². The molecule has 2 heterocycles. The van der Waals surface area contributed by atoms with Gasteiger partial charge < -0.3 is 5.32 Å². The van der Waals surface area contributed by atoms with Gasteiger partial charge in [-0.05, 0) is 33.1 Å². The number of hydrogen-bond donors (Lipinski definition) is 2. The number of aryl methyl sites for hydroxylation is 1. The normalized spacial score (nSPS) is 30.0. The van der Waals surface area contributed by atoms with E-state index < -0.39 is 0 Å². The van der Waals surface area contributed by atoms with Gasteiger partial charge in [0.1, 0.15) is 0 Å². The second-order valence-electron chi connectivity index (χ2n) is 5.61. The third-order valence-corrected chi connectivity index (χ3v) is 4.15. The summed E-state index contributed by atoms with van der Waals surface area (Å²) in [4.78, 5) is 2.68. The van der Waals surface area contributed by atoms with E-state index in [1.165, 1.54) is 37.1 Å². The number of nitrogens with zero attached hydrogens (tertiary/aromatic N) is 2. The van der Waals surface area contributed by atoms with Crippen LogP contribution in [-0.2, 0) is 6.54 Å². The number of hydrogen-bond acceptors (Lipinski definition) is 3. The smallest absolute Gasteiger partial charge is 0.0535 e. The first-order valence-electron chi connectivity index (χ1n) is 6.72. The van der Waals surface area contributed by atoms with Gasteiger partial charge in [-0.1, -0.05) is 0 Å². The molecule has 94 valence electrons. The van der Waals surface area contributed by atoms with Crippen LogP contribution in [0.2, 0.25) is 0 Å². The zero-order valence-electron chi connectivity index (χ0n) is 10.7. The molecule has 0 spiro atoms. The second kappa shape index (κ2) is 4.42. The monoisotopic (exact) mass is 234 g/mol. The minimum atomic E-state index is 0.653. The van der Waals surface area contributed by atoms with E-state index in [0.717, 1.165) is 18.6 Å². The Kier molecular flexibility index (Phi) is 2.92. The van der Waals surface area contributed by atoms with Gasteiger partial charge in [0.05, 0.1) is 6.20 Å². The first-order valence-corrected chi connectivity index (χ1v) is 6.72. The summed E-state index contributed by atoms with van der Waals surface area (Å²) in [5, 5.41) is 10.7. The highest BCUT2D eigenvalue weighted by Crippen LogP contribution is 2.33. The van der Waals surface area contributed by atoms with Crippen LogP contribution in [0.3, 0.4) is 0 Å². The van der Waals surface area contributed by atoms with Crippen molar-refractivity contribution in [3.63, 3.8) is 0 Å². The number of rotatable bonds is 4. The Morgan fingerprint density at radius 1 is 1.53 bits per heavy atom. The molecule has 4 heteroatoms. The van der Waals surface area contributed by atoms with Crippen molar-refractivity contribution in [1.29, 1.82) is 0 Å². The minimum absolute atomic E-state index is 0.653. The van der Waals surface area contributed by atoms with Crippen LogP contribution in [0.25, 0.3) is 0 Å². The van der Waals surface area contributed by atoms with E-state index in [1.807, 2.05) is 6.20 Å². The van der Waals surface area contributed by atoms with E-state index in [1.54, 1.807) is 0 Å². The molecule has 1 aliphatic carbocycles. The van der Waals surface area contributed by atoms with Crippen molar-refractivity contribution in [2.75, 3.05) is 6.54 Å². The number of likely N-dealkylation sites (tertiary alicyclic amines) is 1. The van der Waals surface area contributed by atoms with Crippen molar-refractivity contribution in [1.82, 2.24) is 20.4 Å². The highest BCUT2D eigenvalue weighted by Gasteiger charge is 2.38. The fraction of sp³-hybridized carbons (Fsp3) is 0.769. The largest absolute Gasteiger partial charge is 0.308 e. The zero-order valence-corrected chi connectivity index (χ0v) is 10.7. The molecule has 1 aromatic rings. The summed E-state index contributed by atoms with van der Waals surface area (Å²) in [6, 6.07) is 2.30. The van der Waals surface area contributed by atoms with Crippen LogP contribution in [0.1, 0.15) is 37.4 Å². The van der Waals surface area contributed by atoms with Crippen LogP contribution in [0.4, 0.5) is 0 Å². The van der Waals surface area contributed by atoms with Crippen molar-refractivity contribution in [3.8, 4) is 0 Å². The van der Waals surface area contributed by atoms with Crippen LogP contribution < -0.4 is 5.32 Å². The van der Waals surface area contributed by atoms with Gasteiger partial charge >= 0.3 is 0 Å². The zero-order chi connectivity index (χ0) is 11.8. The summed E-state index contributed by atoms with van der Waals surface area (Å²) in [6.45, 7) is 6.61. The lowest BCUT2D eigenvalue weighted by atomic mass is 10.2. The van der Waals surface area contributed by atoms with Crippen LogP contribution in [-0.4, -0.2) is 39.8 Å². The van der Waals surface area contributed by atoms with Gasteiger partial charge in [-0.2, -0.15) is 5.10 Å². The minimum Gasteiger partial charge on any atom is -0.308 e. The average Bonchev–Trinajstić information content (AvgIpc) is 2.96. The maximum atomic E-state index is 4.06. The van der Waals surface area contributed by atoms with Crippen molar-refractivity contribution in [2.24, 2.45) is 0 Å². The fourth-order valence-corrected chi connectivity index (χ4v) is 2.93. The van der Waals surface area contributed by atoms with Crippen LogP contribution in [0.15, 0.2) is 6.20 Å². The average molecular weight is 234 g/mol. The summed E-state index contributed by atoms with van der Waals surface area (Å²) < 4.78 is 0. The highest BCUT2D eigenvalue weighted by atomic mass is 15.3. The van der Waals surface area contributed by atoms with E-state index in [4.69, 9.17) is 0 Å². The maximum absolute atomic E-state index is 4.06. The number of aromatic amines is 1. The predicted octanol–water partition coefficient (Wildman–Crippen LogP) is 1.43. The maximum Gasteiger partial charge on any atom is 0.0535 e. The Morgan fingerprint density at radius 3 is 3.00 bits per heavy atom. The molecule has 3 rings (SSSR count). The summed E-state index contributed by atoms with van der Waals surface area (Å²) in [6.07, 6.45) is 6.04. The quantitative estimate of drug-likeness (QED) is 0.828. The summed E-state index contributed by atoms with van der Waals surface area (Å²) >= 11 is 0. The third-order valence-electron chi connectivity index (χ3n) is 4.15. The van der Waals surface area contributed by atoms with E-state index in [0.29, 0.717) is 6.04 Å².